The van der Waals surface area contributed by atoms with Crippen LogP contribution < -0.4 is 5.32 Å². The Morgan fingerprint density at radius 3 is 2.50 bits per heavy atom. The fraction of sp³-hybridized carbons (Fsp3) is 0.231. The number of nitrogens with one attached hydrogen (secondary N) is 1. The molecule has 16 heavy (non-hydrogen) atoms. The first-order valence-corrected chi connectivity index (χ1v) is 7.24. The van der Waals surface area contributed by atoms with Crippen LogP contribution in [0.4, 0.5) is 0 Å². The number of benzene rings is 1. The van der Waals surface area contributed by atoms with Crippen LogP contribution in [-0.2, 0) is 13.1 Å². The summed E-state index contributed by atoms with van der Waals surface area (Å²) >= 11 is 4.10. The molecule has 2 rings (SSSR count). The van der Waals surface area contributed by atoms with Gasteiger partial charge in [-0.05, 0) is 69.1 Å². The zero-order valence-corrected chi connectivity index (χ0v) is 12.1. The highest BCUT2D eigenvalue weighted by molar-refractivity contribution is 14.1. The van der Waals surface area contributed by atoms with E-state index in [0.717, 1.165) is 13.1 Å². The molecule has 0 aliphatic carbocycles. The lowest BCUT2D eigenvalue weighted by Crippen LogP contribution is -2.12. The molecule has 1 aromatic carbocycles. The summed E-state index contributed by atoms with van der Waals surface area (Å²) in [5.74, 6) is 0. The van der Waals surface area contributed by atoms with Crippen molar-refractivity contribution in [2.75, 3.05) is 0 Å². The van der Waals surface area contributed by atoms with Gasteiger partial charge in [0.2, 0.25) is 0 Å². The van der Waals surface area contributed by atoms with E-state index in [1.54, 1.807) is 11.3 Å². The van der Waals surface area contributed by atoms with Gasteiger partial charge in [-0.2, -0.15) is 11.3 Å². The van der Waals surface area contributed by atoms with E-state index in [-0.39, 0.29) is 0 Å². The molecule has 1 N–H and O–H groups in total. The lowest BCUT2D eigenvalue weighted by atomic mass is 10.2. The van der Waals surface area contributed by atoms with Crippen LogP contribution in [0.15, 0.2) is 35.0 Å². The molecule has 0 saturated carbocycles. The molecule has 0 spiro atoms. The molecule has 84 valence electrons. The highest BCUT2D eigenvalue weighted by Gasteiger charge is 1.98. The third-order valence-corrected chi connectivity index (χ3v) is 4.15. The van der Waals surface area contributed by atoms with Crippen molar-refractivity contribution >= 4 is 33.9 Å². The number of hydrogen-bond donors (Lipinski definition) is 1. The van der Waals surface area contributed by atoms with Crippen LogP contribution in [0, 0.1) is 10.5 Å². The molecule has 0 bridgehead atoms. The van der Waals surface area contributed by atoms with E-state index in [4.69, 9.17) is 0 Å². The van der Waals surface area contributed by atoms with Crippen molar-refractivity contribution in [1.29, 1.82) is 0 Å². The monoisotopic (exact) mass is 343 g/mol. The summed E-state index contributed by atoms with van der Waals surface area (Å²) in [5, 5.41) is 7.88. The molecule has 1 heterocycles. The largest absolute Gasteiger partial charge is 0.309 e. The predicted molar refractivity (Wildman–Crippen MR) is 78.8 cm³/mol. The van der Waals surface area contributed by atoms with Crippen LogP contribution in [0.2, 0.25) is 0 Å². The molecular formula is C13H14INS. The lowest BCUT2D eigenvalue weighted by Gasteiger charge is -2.04. The summed E-state index contributed by atoms with van der Waals surface area (Å²) in [5.41, 5.74) is 4.14. The fourth-order valence-corrected chi connectivity index (χ4v) is 2.73. The van der Waals surface area contributed by atoms with Gasteiger partial charge >= 0.3 is 0 Å². The highest BCUT2D eigenvalue weighted by atomic mass is 127. The molecule has 0 saturated heterocycles. The van der Waals surface area contributed by atoms with Crippen molar-refractivity contribution in [3.8, 4) is 0 Å². The predicted octanol–water partition coefficient (Wildman–Crippen LogP) is 3.95. The van der Waals surface area contributed by atoms with Gasteiger partial charge in [0, 0.05) is 16.7 Å². The van der Waals surface area contributed by atoms with Crippen molar-refractivity contribution in [2.24, 2.45) is 0 Å². The third-order valence-electron chi connectivity index (χ3n) is 2.52. The van der Waals surface area contributed by atoms with E-state index in [1.165, 1.54) is 20.3 Å². The van der Waals surface area contributed by atoms with Crippen LogP contribution in [0.25, 0.3) is 0 Å². The zero-order chi connectivity index (χ0) is 11.4. The second-order valence-corrected chi connectivity index (χ2v) is 5.80. The van der Waals surface area contributed by atoms with Crippen LogP contribution >= 0.6 is 33.9 Å². The molecule has 0 amide bonds. The maximum Gasteiger partial charge on any atom is 0.0219 e. The first kappa shape index (κ1) is 12.1. The van der Waals surface area contributed by atoms with Crippen LogP contribution in [0.5, 0.6) is 0 Å². The summed E-state index contributed by atoms with van der Waals surface area (Å²) < 4.78 is 1.29. The van der Waals surface area contributed by atoms with Crippen molar-refractivity contribution in [2.45, 2.75) is 20.0 Å². The smallest absolute Gasteiger partial charge is 0.0219 e. The molecule has 0 fully saturated rings. The van der Waals surface area contributed by atoms with Gasteiger partial charge in [-0.15, -0.1) is 0 Å². The van der Waals surface area contributed by atoms with Crippen LogP contribution in [-0.4, -0.2) is 0 Å². The fourth-order valence-electron chi connectivity index (χ4n) is 1.51. The number of halogens is 1. The normalized spacial score (nSPS) is 10.6. The minimum absolute atomic E-state index is 0.937. The summed E-state index contributed by atoms with van der Waals surface area (Å²) in [7, 11) is 0. The second-order valence-electron chi connectivity index (χ2n) is 3.81. The van der Waals surface area contributed by atoms with Gasteiger partial charge in [0.05, 0.1) is 0 Å². The van der Waals surface area contributed by atoms with Crippen molar-refractivity contribution in [3.63, 3.8) is 0 Å². The van der Waals surface area contributed by atoms with Gasteiger partial charge in [-0.3, -0.25) is 0 Å². The number of hydrogen-bond acceptors (Lipinski definition) is 2. The minimum Gasteiger partial charge on any atom is -0.309 e. The molecule has 2 aromatic rings. The number of aryl methyl sites for hydroxylation is 1. The van der Waals surface area contributed by atoms with Gasteiger partial charge in [0.25, 0.3) is 0 Å². The van der Waals surface area contributed by atoms with Crippen LogP contribution in [0.3, 0.4) is 0 Å². The molecule has 0 atom stereocenters. The molecule has 0 radical (unpaired) electrons. The van der Waals surface area contributed by atoms with E-state index < -0.39 is 0 Å². The summed E-state index contributed by atoms with van der Waals surface area (Å²) in [6.45, 7) is 4.06. The van der Waals surface area contributed by atoms with Gasteiger partial charge in [-0.1, -0.05) is 12.1 Å². The quantitative estimate of drug-likeness (QED) is 0.829. The maximum atomic E-state index is 3.47. The van der Waals surface area contributed by atoms with Gasteiger partial charge < -0.3 is 5.32 Å². The Morgan fingerprint density at radius 1 is 1.12 bits per heavy atom. The van der Waals surface area contributed by atoms with E-state index in [1.807, 2.05) is 0 Å². The van der Waals surface area contributed by atoms with Gasteiger partial charge in [0.15, 0.2) is 0 Å². The highest BCUT2D eigenvalue weighted by Crippen LogP contribution is 2.13. The van der Waals surface area contributed by atoms with E-state index in [0.29, 0.717) is 0 Å². The first-order valence-electron chi connectivity index (χ1n) is 5.22. The maximum absolute atomic E-state index is 3.47. The second kappa shape index (κ2) is 5.80. The number of thiophene rings is 1. The Bertz CT molecular complexity index is 447. The summed E-state index contributed by atoms with van der Waals surface area (Å²) in [6.07, 6.45) is 0. The number of rotatable bonds is 4. The lowest BCUT2D eigenvalue weighted by molar-refractivity contribution is 0.692. The Hall–Kier alpha value is -0.390. The Kier molecular flexibility index (Phi) is 4.37. The first-order chi connectivity index (χ1) is 7.75. The molecule has 3 heteroatoms. The average Bonchev–Trinajstić information content (AvgIpc) is 2.68. The molecule has 0 aliphatic rings. The molecule has 0 aliphatic heterocycles. The van der Waals surface area contributed by atoms with Crippen molar-refractivity contribution in [3.05, 3.63) is 55.3 Å². The van der Waals surface area contributed by atoms with Crippen LogP contribution in [0.1, 0.15) is 16.7 Å². The molecular weight excluding hydrogens is 329 g/mol. The van der Waals surface area contributed by atoms with Gasteiger partial charge in [-0.25, -0.2) is 0 Å². The molecule has 1 aromatic heterocycles. The minimum atomic E-state index is 0.937. The standard InChI is InChI=1S/C13H14INS/c1-10-8-16-9-12(10)7-15-6-11-2-4-13(14)5-3-11/h2-5,8-9,15H,6-7H2,1H3. The molecule has 1 nitrogen and oxygen atoms in total. The SMILES string of the molecule is Cc1cscc1CNCc1ccc(I)cc1. The van der Waals surface area contributed by atoms with E-state index in [2.05, 4.69) is 69.9 Å². The third kappa shape index (κ3) is 3.30. The van der Waals surface area contributed by atoms with E-state index >= 15 is 0 Å². The van der Waals surface area contributed by atoms with Crippen molar-refractivity contribution < 1.29 is 0 Å². The Balaban J connectivity index is 1.84. The summed E-state index contributed by atoms with van der Waals surface area (Å²) in [4.78, 5) is 0. The Morgan fingerprint density at radius 2 is 1.88 bits per heavy atom. The van der Waals surface area contributed by atoms with Gasteiger partial charge in [0.1, 0.15) is 0 Å². The topological polar surface area (TPSA) is 12.0 Å². The Labute approximate surface area is 114 Å². The van der Waals surface area contributed by atoms with E-state index in [9.17, 15) is 0 Å². The average molecular weight is 343 g/mol. The van der Waals surface area contributed by atoms with Crippen molar-refractivity contribution in [1.82, 2.24) is 5.32 Å². The zero-order valence-electron chi connectivity index (χ0n) is 9.16. The molecule has 0 unspecified atom stereocenters. The summed E-state index contributed by atoms with van der Waals surface area (Å²) in [6, 6.07) is 8.64.